The van der Waals surface area contributed by atoms with Crippen LogP contribution in [0.2, 0.25) is 0 Å². The summed E-state index contributed by atoms with van der Waals surface area (Å²) in [4.78, 5) is 14.4. The van der Waals surface area contributed by atoms with Gasteiger partial charge in [-0.25, -0.2) is 4.68 Å². The van der Waals surface area contributed by atoms with Crippen LogP contribution in [0.4, 0.5) is 0 Å². The molecule has 1 aromatic rings. The first kappa shape index (κ1) is 10.1. The van der Waals surface area contributed by atoms with Crippen LogP contribution < -0.4 is 10.9 Å². The summed E-state index contributed by atoms with van der Waals surface area (Å²) in [5.74, 6) is 0. The van der Waals surface area contributed by atoms with E-state index in [1.807, 2.05) is 11.7 Å². The summed E-state index contributed by atoms with van der Waals surface area (Å²) in [6.07, 6.45) is 2.10. The number of fused-ring (bicyclic) bond motifs is 1. The monoisotopic (exact) mass is 222 g/mol. The highest BCUT2D eigenvalue weighted by Gasteiger charge is 2.26. The Bertz CT molecular complexity index is 441. The molecule has 3 heterocycles. The van der Waals surface area contributed by atoms with Crippen molar-refractivity contribution < 1.29 is 0 Å². The van der Waals surface area contributed by atoms with Crippen LogP contribution in [0.1, 0.15) is 30.1 Å². The fourth-order valence-electron chi connectivity index (χ4n) is 2.75. The van der Waals surface area contributed by atoms with E-state index in [1.54, 1.807) is 0 Å². The van der Waals surface area contributed by atoms with Gasteiger partial charge in [0.15, 0.2) is 0 Å². The molecular formula is C11H18N4O. The summed E-state index contributed by atoms with van der Waals surface area (Å²) in [5.41, 5.74) is 2.29. The lowest BCUT2D eigenvalue weighted by molar-refractivity contribution is 0.314. The SMILES string of the molecule is CN1Cc2[nH]n(C3CCNCC3)c(=O)c2C1. The lowest BCUT2D eigenvalue weighted by Crippen LogP contribution is -2.34. The van der Waals surface area contributed by atoms with E-state index < -0.39 is 0 Å². The first-order chi connectivity index (χ1) is 7.75. The Morgan fingerprint density at radius 1 is 1.25 bits per heavy atom. The molecule has 1 saturated heterocycles. The van der Waals surface area contributed by atoms with Gasteiger partial charge in [0.05, 0.1) is 17.3 Å². The number of aromatic nitrogens is 2. The average molecular weight is 222 g/mol. The number of rotatable bonds is 1. The van der Waals surface area contributed by atoms with Crippen molar-refractivity contribution in [2.45, 2.75) is 32.0 Å². The Hall–Kier alpha value is -1.07. The third-order valence-corrected chi connectivity index (χ3v) is 3.63. The van der Waals surface area contributed by atoms with Gasteiger partial charge in [0.2, 0.25) is 0 Å². The minimum absolute atomic E-state index is 0.200. The second kappa shape index (κ2) is 3.75. The third kappa shape index (κ3) is 1.51. The van der Waals surface area contributed by atoms with Gasteiger partial charge < -0.3 is 5.32 Å². The summed E-state index contributed by atoms with van der Waals surface area (Å²) < 4.78 is 1.86. The van der Waals surface area contributed by atoms with Gasteiger partial charge >= 0.3 is 0 Å². The molecule has 0 radical (unpaired) electrons. The quantitative estimate of drug-likeness (QED) is 0.706. The first-order valence-corrected chi connectivity index (χ1v) is 5.97. The van der Waals surface area contributed by atoms with Crippen LogP contribution in [0.5, 0.6) is 0 Å². The largest absolute Gasteiger partial charge is 0.317 e. The van der Waals surface area contributed by atoms with Crippen LogP contribution in [0.25, 0.3) is 0 Å². The molecule has 0 bridgehead atoms. The molecule has 1 aromatic heterocycles. The smallest absolute Gasteiger partial charge is 0.271 e. The molecule has 88 valence electrons. The van der Waals surface area contributed by atoms with Gasteiger partial charge in [0, 0.05) is 13.1 Å². The van der Waals surface area contributed by atoms with Crippen LogP contribution in [-0.2, 0) is 13.1 Å². The van der Waals surface area contributed by atoms with E-state index in [0.29, 0.717) is 6.04 Å². The van der Waals surface area contributed by atoms with E-state index in [4.69, 9.17) is 0 Å². The molecule has 2 N–H and O–H groups in total. The number of nitrogens with zero attached hydrogens (tertiary/aromatic N) is 2. The normalized spacial score (nSPS) is 22.6. The van der Waals surface area contributed by atoms with E-state index >= 15 is 0 Å². The molecule has 0 spiro atoms. The molecule has 2 aliphatic rings. The molecule has 5 heteroatoms. The summed E-state index contributed by atoms with van der Waals surface area (Å²) in [6, 6.07) is 0.365. The maximum absolute atomic E-state index is 12.2. The molecule has 0 aromatic carbocycles. The lowest BCUT2D eigenvalue weighted by atomic mass is 10.1. The molecule has 16 heavy (non-hydrogen) atoms. The number of hydrogen-bond donors (Lipinski definition) is 2. The molecule has 0 amide bonds. The Kier molecular flexibility index (Phi) is 2.37. The number of H-pyrrole nitrogens is 1. The maximum Gasteiger partial charge on any atom is 0.271 e. The maximum atomic E-state index is 12.2. The van der Waals surface area contributed by atoms with E-state index in [0.717, 1.165) is 50.3 Å². The topological polar surface area (TPSA) is 53.1 Å². The molecular weight excluding hydrogens is 204 g/mol. The van der Waals surface area contributed by atoms with Crippen molar-refractivity contribution in [3.63, 3.8) is 0 Å². The van der Waals surface area contributed by atoms with Gasteiger partial charge in [-0.15, -0.1) is 0 Å². The minimum atomic E-state index is 0.200. The molecule has 0 aliphatic carbocycles. The lowest BCUT2D eigenvalue weighted by Gasteiger charge is -2.23. The fourth-order valence-corrected chi connectivity index (χ4v) is 2.75. The second-order valence-electron chi connectivity index (χ2n) is 4.90. The van der Waals surface area contributed by atoms with E-state index in [2.05, 4.69) is 15.3 Å². The van der Waals surface area contributed by atoms with Crippen molar-refractivity contribution in [2.75, 3.05) is 20.1 Å². The van der Waals surface area contributed by atoms with Crippen LogP contribution in [0, 0.1) is 0 Å². The third-order valence-electron chi connectivity index (χ3n) is 3.63. The van der Waals surface area contributed by atoms with Crippen molar-refractivity contribution in [1.29, 1.82) is 0 Å². The zero-order valence-electron chi connectivity index (χ0n) is 9.62. The molecule has 5 nitrogen and oxygen atoms in total. The summed E-state index contributed by atoms with van der Waals surface area (Å²) in [5, 5.41) is 6.62. The van der Waals surface area contributed by atoms with Crippen molar-refractivity contribution in [3.8, 4) is 0 Å². The van der Waals surface area contributed by atoms with Crippen molar-refractivity contribution >= 4 is 0 Å². The van der Waals surface area contributed by atoms with Gasteiger partial charge in [-0.3, -0.25) is 14.8 Å². The van der Waals surface area contributed by atoms with Crippen LogP contribution in [0.3, 0.4) is 0 Å². The van der Waals surface area contributed by atoms with E-state index in [1.165, 1.54) is 0 Å². The van der Waals surface area contributed by atoms with Gasteiger partial charge in [0.25, 0.3) is 5.56 Å². The minimum Gasteiger partial charge on any atom is -0.317 e. The van der Waals surface area contributed by atoms with Crippen LogP contribution in [0.15, 0.2) is 4.79 Å². The summed E-state index contributed by atoms with van der Waals surface area (Å²) >= 11 is 0. The number of aromatic amines is 1. The van der Waals surface area contributed by atoms with E-state index in [9.17, 15) is 4.79 Å². The zero-order chi connectivity index (χ0) is 11.1. The van der Waals surface area contributed by atoms with Crippen molar-refractivity contribution in [3.05, 3.63) is 21.6 Å². The predicted molar refractivity (Wildman–Crippen MR) is 61.4 cm³/mol. The van der Waals surface area contributed by atoms with Crippen molar-refractivity contribution in [1.82, 2.24) is 20.0 Å². The number of piperidine rings is 1. The second-order valence-corrected chi connectivity index (χ2v) is 4.90. The fraction of sp³-hybridized carbons (Fsp3) is 0.727. The zero-order valence-corrected chi connectivity index (χ0v) is 9.62. The molecule has 2 aliphatic heterocycles. The first-order valence-electron chi connectivity index (χ1n) is 5.97. The standard InChI is InChI=1S/C11H18N4O/c1-14-6-9-10(7-14)13-15(11(9)16)8-2-4-12-5-3-8/h8,12-13H,2-7H2,1H3. The van der Waals surface area contributed by atoms with Gasteiger partial charge in [-0.05, 0) is 33.0 Å². The Morgan fingerprint density at radius 2 is 2.00 bits per heavy atom. The molecule has 0 atom stereocenters. The van der Waals surface area contributed by atoms with Gasteiger partial charge in [-0.1, -0.05) is 0 Å². The highest BCUT2D eigenvalue weighted by Crippen LogP contribution is 2.20. The molecule has 1 fully saturated rings. The Morgan fingerprint density at radius 3 is 2.69 bits per heavy atom. The Balaban J connectivity index is 1.92. The van der Waals surface area contributed by atoms with E-state index in [-0.39, 0.29) is 5.56 Å². The van der Waals surface area contributed by atoms with Crippen LogP contribution in [-0.4, -0.2) is 34.8 Å². The van der Waals surface area contributed by atoms with Gasteiger partial charge in [0.1, 0.15) is 0 Å². The number of hydrogen-bond acceptors (Lipinski definition) is 3. The van der Waals surface area contributed by atoms with Crippen LogP contribution >= 0.6 is 0 Å². The van der Waals surface area contributed by atoms with Gasteiger partial charge in [-0.2, -0.15) is 0 Å². The molecule has 0 saturated carbocycles. The van der Waals surface area contributed by atoms with Crippen molar-refractivity contribution in [2.24, 2.45) is 0 Å². The highest BCUT2D eigenvalue weighted by atomic mass is 16.1. The summed E-state index contributed by atoms with van der Waals surface area (Å²) in [6.45, 7) is 3.70. The number of nitrogens with one attached hydrogen (secondary N) is 2. The summed E-state index contributed by atoms with van der Waals surface area (Å²) in [7, 11) is 2.04. The molecule has 0 unspecified atom stereocenters. The Labute approximate surface area is 94.4 Å². The average Bonchev–Trinajstić information content (AvgIpc) is 2.79. The molecule has 3 rings (SSSR count). The highest BCUT2D eigenvalue weighted by molar-refractivity contribution is 5.21. The predicted octanol–water partition coefficient (Wildman–Crippen LogP) is 0.0463.